The first-order valence-electron chi connectivity index (χ1n) is 6.46. The van der Waals surface area contributed by atoms with Crippen LogP contribution in [0.3, 0.4) is 0 Å². The molecule has 0 unspecified atom stereocenters. The van der Waals surface area contributed by atoms with E-state index in [0.29, 0.717) is 13.2 Å². The zero-order valence-corrected chi connectivity index (χ0v) is 11.1. The molecule has 0 saturated carbocycles. The maximum atomic E-state index is 5.65. The molecule has 1 aromatic heterocycles. The number of hydrogen-bond acceptors (Lipinski definition) is 4. The standard InChI is InChI=1S/C15H19NO3/c1-2-18-14-4-3-5-15(10-14)19-9-7-16-11-13-6-8-17-12-13/h3-6,8,10,12,16H,2,7,9,11H2,1H3. The average Bonchev–Trinajstić information content (AvgIpc) is 2.92. The quantitative estimate of drug-likeness (QED) is 0.742. The predicted molar refractivity (Wildman–Crippen MR) is 73.5 cm³/mol. The van der Waals surface area contributed by atoms with Crippen molar-refractivity contribution >= 4 is 0 Å². The minimum atomic E-state index is 0.618. The maximum absolute atomic E-state index is 5.65. The molecule has 1 N–H and O–H groups in total. The molecule has 4 heteroatoms. The Morgan fingerprint density at radius 3 is 2.74 bits per heavy atom. The van der Waals surface area contributed by atoms with Crippen molar-refractivity contribution in [1.29, 1.82) is 0 Å². The van der Waals surface area contributed by atoms with Crippen molar-refractivity contribution in [2.75, 3.05) is 19.8 Å². The van der Waals surface area contributed by atoms with Crippen molar-refractivity contribution in [3.8, 4) is 11.5 Å². The van der Waals surface area contributed by atoms with Crippen LogP contribution in [0.15, 0.2) is 47.3 Å². The number of nitrogens with one attached hydrogen (secondary N) is 1. The van der Waals surface area contributed by atoms with Gasteiger partial charge in [0.2, 0.25) is 0 Å². The van der Waals surface area contributed by atoms with Crippen LogP contribution < -0.4 is 14.8 Å². The van der Waals surface area contributed by atoms with Crippen LogP contribution >= 0.6 is 0 Å². The first-order valence-corrected chi connectivity index (χ1v) is 6.46. The van der Waals surface area contributed by atoms with Crippen LogP contribution in [0, 0.1) is 0 Å². The summed E-state index contributed by atoms with van der Waals surface area (Å²) < 4.78 is 16.1. The lowest BCUT2D eigenvalue weighted by atomic mass is 10.3. The van der Waals surface area contributed by atoms with E-state index < -0.39 is 0 Å². The van der Waals surface area contributed by atoms with Gasteiger partial charge in [-0.2, -0.15) is 0 Å². The third kappa shape index (κ3) is 4.67. The zero-order valence-electron chi connectivity index (χ0n) is 11.1. The number of ether oxygens (including phenoxy) is 2. The van der Waals surface area contributed by atoms with Crippen molar-refractivity contribution in [3.05, 3.63) is 48.4 Å². The summed E-state index contributed by atoms with van der Waals surface area (Å²) in [6.07, 6.45) is 3.41. The first kappa shape index (κ1) is 13.5. The van der Waals surface area contributed by atoms with E-state index in [2.05, 4.69) is 5.32 Å². The second-order valence-corrected chi connectivity index (χ2v) is 4.06. The van der Waals surface area contributed by atoms with Gasteiger partial charge in [-0.1, -0.05) is 6.07 Å². The Morgan fingerprint density at radius 1 is 1.16 bits per heavy atom. The molecule has 2 rings (SSSR count). The van der Waals surface area contributed by atoms with Crippen LogP contribution in [0.4, 0.5) is 0 Å². The Hall–Kier alpha value is -1.94. The molecule has 4 nitrogen and oxygen atoms in total. The molecule has 19 heavy (non-hydrogen) atoms. The van der Waals surface area contributed by atoms with E-state index >= 15 is 0 Å². The first-order chi connectivity index (χ1) is 9.38. The Bertz CT molecular complexity index is 468. The van der Waals surface area contributed by atoms with Crippen molar-refractivity contribution in [3.63, 3.8) is 0 Å². The van der Waals surface area contributed by atoms with Gasteiger partial charge in [0.05, 0.1) is 19.1 Å². The largest absolute Gasteiger partial charge is 0.494 e. The second-order valence-electron chi connectivity index (χ2n) is 4.06. The van der Waals surface area contributed by atoms with Crippen molar-refractivity contribution in [1.82, 2.24) is 5.32 Å². The summed E-state index contributed by atoms with van der Waals surface area (Å²) in [6.45, 7) is 4.82. The lowest BCUT2D eigenvalue weighted by molar-refractivity contribution is 0.306. The lowest BCUT2D eigenvalue weighted by Crippen LogP contribution is -2.20. The van der Waals surface area contributed by atoms with Crippen LogP contribution in [0.1, 0.15) is 12.5 Å². The highest BCUT2D eigenvalue weighted by Crippen LogP contribution is 2.19. The zero-order chi connectivity index (χ0) is 13.3. The molecule has 1 aromatic carbocycles. The number of rotatable bonds is 8. The second kappa shape index (κ2) is 7.48. The molecule has 0 spiro atoms. The van der Waals surface area contributed by atoms with Gasteiger partial charge in [0.15, 0.2) is 0 Å². The number of furan rings is 1. The van der Waals surface area contributed by atoms with Crippen molar-refractivity contribution in [2.45, 2.75) is 13.5 Å². The van der Waals surface area contributed by atoms with Crippen molar-refractivity contribution in [2.24, 2.45) is 0 Å². The fraction of sp³-hybridized carbons (Fsp3) is 0.333. The van der Waals surface area contributed by atoms with E-state index in [4.69, 9.17) is 13.9 Å². The third-order valence-electron chi connectivity index (χ3n) is 2.57. The van der Waals surface area contributed by atoms with E-state index in [0.717, 1.165) is 30.2 Å². The average molecular weight is 261 g/mol. The van der Waals surface area contributed by atoms with E-state index in [-0.39, 0.29) is 0 Å². The minimum absolute atomic E-state index is 0.618. The molecule has 102 valence electrons. The third-order valence-corrected chi connectivity index (χ3v) is 2.57. The summed E-state index contributed by atoms with van der Waals surface area (Å²) >= 11 is 0. The van der Waals surface area contributed by atoms with Gasteiger partial charge in [0.25, 0.3) is 0 Å². The summed E-state index contributed by atoms with van der Waals surface area (Å²) in [4.78, 5) is 0. The fourth-order valence-corrected chi connectivity index (χ4v) is 1.69. The summed E-state index contributed by atoms with van der Waals surface area (Å²) in [5.41, 5.74) is 1.14. The molecule has 0 atom stereocenters. The van der Waals surface area contributed by atoms with Gasteiger partial charge in [0, 0.05) is 24.7 Å². The SMILES string of the molecule is CCOc1cccc(OCCNCc2ccoc2)c1. The van der Waals surface area contributed by atoms with Gasteiger partial charge in [-0.25, -0.2) is 0 Å². The molecule has 0 bridgehead atoms. The molecule has 0 saturated heterocycles. The summed E-state index contributed by atoms with van der Waals surface area (Å²) in [5.74, 6) is 1.67. The van der Waals surface area contributed by atoms with Gasteiger partial charge >= 0.3 is 0 Å². The van der Waals surface area contributed by atoms with Crippen LogP contribution in [0.25, 0.3) is 0 Å². The van der Waals surface area contributed by atoms with Crippen LogP contribution in [-0.2, 0) is 6.54 Å². The van der Waals surface area contributed by atoms with Gasteiger partial charge in [-0.15, -0.1) is 0 Å². The number of hydrogen-bond donors (Lipinski definition) is 1. The minimum Gasteiger partial charge on any atom is -0.494 e. The van der Waals surface area contributed by atoms with Crippen LogP contribution in [0.5, 0.6) is 11.5 Å². The van der Waals surface area contributed by atoms with E-state index in [1.165, 1.54) is 0 Å². The summed E-state index contributed by atoms with van der Waals surface area (Å²) in [7, 11) is 0. The summed E-state index contributed by atoms with van der Waals surface area (Å²) in [5, 5.41) is 3.28. The molecule has 0 aliphatic rings. The highest BCUT2D eigenvalue weighted by Gasteiger charge is 1.97. The molecule has 0 amide bonds. The molecule has 1 heterocycles. The van der Waals surface area contributed by atoms with Crippen LogP contribution in [0.2, 0.25) is 0 Å². The van der Waals surface area contributed by atoms with Gasteiger partial charge in [0.1, 0.15) is 18.1 Å². The molecule has 0 fully saturated rings. The highest BCUT2D eigenvalue weighted by atomic mass is 16.5. The molecule has 0 aliphatic heterocycles. The monoisotopic (exact) mass is 261 g/mol. The molecule has 2 aromatic rings. The normalized spacial score (nSPS) is 10.4. The van der Waals surface area contributed by atoms with E-state index in [9.17, 15) is 0 Å². The maximum Gasteiger partial charge on any atom is 0.123 e. The Balaban J connectivity index is 1.66. The lowest BCUT2D eigenvalue weighted by Gasteiger charge is -2.09. The van der Waals surface area contributed by atoms with Crippen LogP contribution in [-0.4, -0.2) is 19.8 Å². The predicted octanol–water partition coefficient (Wildman–Crippen LogP) is 2.85. The highest BCUT2D eigenvalue weighted by molar-refractivity contribution is 5.32. The van der Waals surface area contributed by atoms with E-state index in [1.54, 1.807) is 12.5 Å². The van der Waals surface area contributed by atoms with E-state index in [1.807, 2.05) is 37.3 Å². The van der Waals surface area contributed by atoms with Gasteiger partial charge < -0.3 is 19.2 Å². The Morgan fingerprint density at radius 2 is 2.00 bits per heavy atom. The molecular weight excluding hydrogens is 242 g/mol. The Labute approximate surface area is 113 Å². The molecule has 0 aliphatic carbocycles. The fourth-order valence-electron chi connectivity index (χ4n) is 1.69. The topological polar surface area (TPSA) is 43.6 Å². The summed E-state index contributed by atoms with van der Waals surface area (Å²) in [6, 6.07) is 9.63. The number of benzene rings is 1. The molecule has 0 radical (unpaired) electrons. The van der Waals surface area contributed by atoms with Crippen molar-refractivity contribution < 1.29 is 13.9 Å². The molecular formula is C15H19NO3. The Kier molecular flexibility index (Phi) is 5.31. The van der Waals surface area contributed by atoms with Gasteiger partial charge in [-0.05, 0) is 25.1 Å². The van der Waals surface area contributed by atoms with Gasteiger partial charge in [-0.3, -0.25) is 0 Å². The smallest absolute Gasteiger partial charge is 0.123 e.